The number of Topliss-reactive ketones (excluding diaryl/α,β-unsaturated/α-hetero) is 1. The molecule has 6 nitrogen and oxygen atoms in total. The number of ketones is 1. The number of nitrogens with zero attached hydrogens (tertiary/aromatic N) is 1. The van der Waals surface area contributed by atoms with Crippen LogP contribution in [0.25, 0.3) is 0 Å². The monoisotopic (exact) mass is 532 g/mol. The number of rotatable bonds is 9. The van der Waals surface area contributed by atoms with Crippen LogP contribution in [0.4, 0.5) is 26.3 Å². The van der Waals surface area contributed by atoms with Crippen LogP contribution in [0.5, 0.6) is 11.5 Å². The third-order valence-corrected chi connectivity index (χ3v) is 6.11. The van der Waals surface area contributed by atoms with E-state index < -0.39 is 58.0 Å². The first-order chi connectivity index (χ1) is 16.7. The minimum Gasteiger partial charge on any atom is -0.455 e. The van der Waals surface area contributed by atoms with E-state index >= 15 is 0 Å². The van der Waals surface area contributed by atoms with Gasteiger partial charge >= 0.3 is 12.4 Å². The topological polar surface area (TPSA) is 85.4 Å². The van der Waals surface area contributed by atoms with Crippen molar-refractivity contribution in [2.24, 2.45) is 0 Å². The lowest BCUT2D eigenvalue weighted by molar-refractivity contribution is -0.137. The summed E-state index contributed by atoms with van der Waals surface area (Å²) in [5.41, 5.74) is -0.844. The highest BCUT2D eigenvalue weighted by Gasteiger charge is 2.31. The van der Waals surface area contributed by atoms with Crippen LogP contribution >= 0.6 is 0 Å². The predicted octanol–water partition coefficient (Wildman–Crippen LogP) is 5.09. The molecule has 0 amide bonds. The van der Waals surface area contributed by atoms with E-state index in [9.17, 15) is 39.6 Å². The number of aromatic nitrogens is 1. The quantitative estimate of drug-likeness (QED) is 0.388. The van der Waals surface area contributed by atoms with Crippen molar-refractivity contribution in [1.82, 2.24) is 9.71 Å². The minimum absolute atomic E-state index is 0.00529. The largest absolute Gasteiger partial charge is 0.455 e. The van der Waals surface area contributed by atoms with Gasteiger partial charge in [0, 0.05) is 24.6 Å². The molecule has 0 aliphatic heterocycles. The van der Waals surface area contributed by atoms with Crippen LogP contribution in [0.1, 0.15) is 16.7 Å². The van der Waals surface area contributed by atoms with Gasteiger partial charge in [-0.25, -0.2) is 13.1 Å². The molecule has 0 aliphatic carbocycles. The van der Waals surface area contributed by atoms with Gasteiger partial charge in [0.05, 0.1) is 16.7 Å². The van der Waals surface area contributed by atoms with Crippen molar-refractivity contribution in [2.45, 2.75) is 30.1 Å². The number of hydrogen-bond donors (Lipinski definition) is 1. The van der Waals surface area contributed by atoms with Crippen molar-refractivity contribution in [2.75, 3.05) is 6.54 Å². The van der Waals surface area contributed by atoms with Gasteiger partial charge in [-0.1, -0.05) is 18.2 Å². The minimum atomic E-state index is -4.79. The summed E-state index contributed by atoms with van der Waals surface area (Å²) in [4.78, 5) is 16.0. The summed E-state index contributed by atoms with van der Waals surface area (Å²) >= 11 is 0. The molecule has 0 atom stereocenters. The van der Waals surface area contributed by atoms with Gasteiger partial charge in [-0.15, -0.1) is 0 Å². The first-order valence-corrected chi connectivity index (χ1v) is 11.7. The fraction of sp³-hybridized carbons (Fsp3) is 0.217. The Kier molecular flexibility index (Phi) is 8.04. The van der Waals surface area contributed by atoms with E-state index in [0.29, 0.717) is 0 Å². The van der Waals surface area contributed by atoms with Gasteiger partial charge in [-0.2, -0.15) is 26.3 Å². The second-order valence-corrected chi connectivity index (χ2v) is 9.36. The maximum atomic E-state index is 13.0. The Bertz CT molecular complexity index is 1330. The third-order valence-electron chi connectivity index (χ3n) is 4.71. The highest BCUT2D eigenvalue weighted by Crippen LogP contribution is 2.31. The molecular formula is C23H18F6N2O4S. The predicted molar refractivity (Wildman–Crippen MR) is 116 cm³/mol. The van der Waals surface area contributed by atoms with Crippen LogP contribution in [-0.2, 0) is 33.8 Å². The third kappa shape index (κ3) is 7.78. The molecule has 13 heteroatoms. The standard InChI is InChI=1S/C23H18F6N2O4S/c24-22(25,26)14-31-36(33,34)20-6-7-21(35-19-5-2-8-30-13-19)16(12-20)11-18(32)10-15-3-1-4-17(9-15)23(27,28)29/h1-9,12-13,31H,10-11,14H2. The van der Waals surface area contributed by atoms with Gasteiger partial charge in [-0.3, -0.25) is 9.78 Å². The zero-order valence-electron chi connectivity index (χ0n) is 18.2. The van der Waals surface area contributed by atoms with Crippen molar-refractivity contribution in [3.63, 3.8) is 0 Å². The lowest BCUT2D eigenvalue weighted by atomic mass is 10.0. The number of nitrogens with one attached hydrogen (secondary N) is 1. The van der Waals surface area contributed by atoms with E-state index in [0.717, 1.165) is 30.3 Å². The highest BCUT2D eigenvalue weighted by molar-refractivity contribution is 7.89. The van der Waals surface area contributed by atoms with Gasteiger partial charge in [0.15, 0.2) is 0 Å². The molecule has 3 aromatic rings. The summed E-state index contributed by atoms with van der Waals surface area (Å²) in [7, 11) is -4.60. The number of benzene rings is 2. The number of ether oxygens (including phenoxy) is 1. The fourth-order valence-corrected chi connectivity index (χ4v) is 4.18. The summed E-state index contributed by atoms with van der Waals surface area (Å²) in [5.74, 6) is -0.326. The number of pyridine rings is 1. The summed E-state index contributed by atoms with van der Waals surface area (Å²) in [6.07, 6.45) is -7.46. The first-order valence-electron chi connectivity index (χ1n) is 10.2. The summed E-state index contributed by atoms with van der Waals surface area (Å²) in [6, 6.07) is 10.4. The lowest BCUT2D eigenvalue weighted by Gasteiger charge is -2.14. The summed E-state index contributed by atoms with van der Waals surface area (Å²) < 4.78 is 108. The van der Waals surface area contributed by atoms with Crippen LogP contribution in [0.15, 0.2) is 71.9 Å². The molecule has 0 unspecified atom stereocenters. The second kappa shape index (κ2) is 10.7. The van der Waals surface area contributed by atoms with Crippen molar-refractivity contribution in [1.29, 1.82) is 0 Å². The lowest BCUT2D eigenvalue weighted by Crippen LogP contribution is -2.33. The Morgan fingerprint density at radius 2 is 1.69 bits per heavy atom. The number of carbonyl (C=O) groups is 1. The van der Waals surface area contributed by atoms with Crippen LogP contribution in [0.2, 0.25) is 0 Å². The van der Waals surface area contributed by atoms with E-state index in [2.05, 4.69) is 4.98 Å². The average molecular weight is 532 g/mol. The van der Waals surface area contributed by atoms with Crippen molar-refractivity contribution < 1.29 is 44.3 Å². The van der Waals surface area contributed by atoms with Gasteiger partial charge < -0.3 is 4.74 Å². The average Bonchev–Trinajstić information content (AvgIpc) is 2.79. The molecular weight excluding hydrogens is 514 g/mol. The zero-order chi connectivity index (χ0) is 26.6. The molecule has 3 rings (SSSR count). The molecule has 2 aromatic carbocycles. The maximum Gasteiger partial charge on any atom is 0.416 e. The van der Waals surface area contributed by atoms with Gasteiger partial charge in [0.25, 0.3) is 0 Å². The second-order valence-electron chi connectivity index (χ2n) is 7.59. The molecule has 192 valence electrons. The normalized spacial score (nSPS) is 12.4. The van der Waals surface area contributed by atoms with Crippen molar-refractivity contribution in [3.8, 4) is 11.5 Å². The molecule has 0 bridgehead atoms. The van der Waals surface area contributed by atoms with E-state index in [1.165, 1.54) is 35.3 Å². The van der Waals surface area contributed by atoms with Crippen LogP contribution in [-0.4, -0.2) is 31.9 Å². The fourth-order valence-electron chi connectivity index (χ4n) is 3.12. The molecule has 0 spiro atoms. The molecule has 36 heavy (non-hydrogen) atoms. The van der Waals surface area contributed by atoms with Gasteiger partial charge in [-0.05, 0) is 42.0 Å². The molecule has 0 radical (unpaired) electrons. The molecule has 0 saturated heterocycles. The number of alkyl halides is 6. The van der Waals surface area contributed by atoms with Gasteiger partial charge in [0.2, 0.25) is 10.0 Å². The molecule has 1 aromatic heterocycles. The number of halogens is 6. The van der Waals surface area contributed by atoms with Crippen molar-refractivity contribution >= 4 is 15.8 Å². The molecule has 1 N–H and O–H groups in total. The van der Waals surface area contributed by atoms with Gasteiger partial charge in [0.1, 0.15) is 23.8 Å². The van der Waals surface area contributed by atoms with E-state index in [4.69, 9.17) is 4.74 Å². The van der Waals surface area contributed by atoms with E-state index in [-0.39, 0.29) is 22.6 Å². The Labute approximate surface area is 202 Å². The first kappa shape index (κ1) is 27.1. The number of carbonyl (C=O) groups excluding carboxylic acids is 1. The number of sulfonamides is 1. The SMILES string of the molecule is O=C(Cc1cccc(C(F)(F)F)c1)Cc1cc(S(=O)(=O)NCC(F)(F)F)ccc1Oc1cccnc1. The zero-order valence-corrected chi connectivity index (χ0v) is 19.0. The maximum absolute atomic E-state index is 13.0. The molecule has 0 fully saturated rings. The highest BCUT2D eigenvalue weighted by atomic mass is 32.2. The molecule has 0 saturated carbocycles. The van der Waals surface area contributed by atoms with E-state index in [1.807, 2.05) is 0 Å². The molecule has 0 aliphatic rings. The van der Waals surface area contributed by atoms with Crippen LogP contribution in [0.3, 0.4) is 0 Å². The van der Waals surface area contributed by atoms with Crippen LogP contribution in [0, 0.1) is 0 Å². The Morgan fingerprint density at radius 1 is 0.944 bits per heavy atom. The molecule has 1 heterocycles. The van der Waals surface area contributed by atoms with Crippen LogP contribution < -0.4 is 9.46 Å². The summed E-state index contributed by atoms with van der Waals surface area (Å²) in [6.45, 7) is -1.80. The van der Waals surface area contributed by atoms with E-state index in [1.54, 1.807) is 6.07 Å². The number of hydrogen-bond acceptors (Lipinski definition) is 5. The smallest absolute Gasteiger partial charge is 0.416 e. The Morgan fingerprint density at radius 3 is 2.33 bits per heavy atom. The Balaban J connectivity index is 1.89. The Hall–Kier alpha value is -3.45. The van der Waals surface area contributed by atoms with Crippen molar-refractivity contribution in [3.05, 3.63) is 83.7 Å². The summed E-state index contributed by atoms with van der Waals surface area (Å²) in [5, 5.41) is 0.